The summed E-state index contributed by atoms with van der Waals surface area (Å²) in [5.74, 6) is 1.43. The Balaban J connectivity index is 3.24. The molecule has 0 bridgehead atoms. The summed E-state index contributed by atoms with van der Waals surface area (Å²) < 4.78 is 9.73. The van der Waals surface area contributed by atoms with Crippen molar-refractivity contribution < 1.29 is 19.1 Å². The highest BCUT2D eigenvalue weighted by molar-refractivity contribution is 8.76. The average molecular weight is 318 g/mol. The van der Waals surface area contributed by atoms with E-state index in [4.69, 9.17) is 9.47 Å². The van der Waals surface area contributed by atoms with Crippen molar-refractivity contribution in [2.45, 2.75) is 25.7 Å². The first-order valence-corrected chi connectivity index (χ1v) is 8.97. The fourth-order valence-corrected chi connectivity index (χ4v) is 3.29. The van der Waals surface area contributed by atoms with E-state index >= 15 is 0 Å². The molecule has 0 aliphatic heterocycles. The maximum atomic E-state index is 11.2. The lowest BCUT2D eigenvalue weighted by Gasteiger charge is -2.03. The van der Waals surface area contributed by atoms with Gasteiger partial charge in [-0.15, -0.1) is 0 Å². The Kier molecular flexibility index (Phi) is 13.9. The van der Waals surface area contributed by atoms with Gasteiger partial charge in [-0.3, -0.25) is 9.59 Å². The van der Waals surface area contributed by atoms with Crippen LogP contribution >= 0.6 is 21.6 Å². The minimum absolute atomic E-state index is 0.180. The SMILES string of the molecule is C=CCOC(=O)CCCSSCCCC(=O)OCC=C. The van der Waals surface area contributed by atoms with Crippen LogP contribution < -0.4 is 0 Å². The summed E-state index contributed by atoms with van der Waals surface area (Å²) in [6, 6.07) is 0. The van der Waals surface area contributed by atoms with Crippen molar-refractivity contribution in [3.8, 4) is 0 Å². The molecule has 0 amide bonds. The third kappa shape index (κ3) is 13.5. The minimum Gasteiger partial charge on any atom is -0.461 e. The van der Waals surface area contributed by atoms with E-state index in [0.717, 1.165) is 24.3 Å². The van der Waals surface area contributed by atoms with E-state index in [0.29, 0.717) is 12.8 Å². The average Bonchev–Trinajstić information content (AvgIpc) is 2.45. The molecule has 0 heterocycles. The second kappa shape index (κ2) is 14.5. The molecule has 0 aliphatic rings. The van der Waals surface area contributed by atoms with Gasteiger partial charge in [0.25, 0.3) is 0 Å². The van der Waals surface area contributed by atoms with Gasteiger partial charge in [0.1, 0.15) is 13.2 Å². The van der Waals surface area contributed by atoms with Crippen molar-refractivity contribution in [1.82, 2.24) is 0 Å². The fraction of sp³-hybridized carbons (Fsp3) is 0.571. The number of hydrogen-bond donors (Lipinski definition) is 0. The predicted molar refractivity (Wildman–Crippen MR) is 85.7 cm³/mol. The highest BCUT2D eigenvalue weighted by Gasteiger charge is 2.03. The Morgan fingerprint density at radius 3 is 1.60 bits per heavy atom. The summed E-state index contributed by atoms with van der Waals surface area (Å²) >= 11 is 0. The summed E-state index contributed by atoms with van der Waals surface area (Å²) in [7, 11) is 3.42. The molecule has 0 fully saturated rings. The highest BCUT2D eigenvalue weighted by Crippen LogP contribution is 2.23. The second-order valence-corrected chi connectivity index (χ2v) is 6.50. The van der Waals surface area contributed by atoms with E-state index < -0.39 is 0 Å². The standard InChI is InChI=1S/C14H22O4S2/c1-3-9-17-13(15)7-5-11-19-20-12-6-8-14(16)18-10-4-2/h3-4H,1-2,5-12H2. The molecule has 0 aromatic heterocycles. The van der Waals surface area contributed by atoms with Crippen LogP contribution in [-0.4, -0.2) is 36.7 Å². The maximum Gasteiger partial charge on any atom is 0.306 e. The van der Waals surface area contributed by atoms with Crippen molar-refractivity contribution in [3.05, 3.63) is 25.3 Å². The van der Waals surface area contributed by atoms with Gasteiger partial charge >= 0.3 is 11.9 Å². The molecule has 20 heavy (non-hydrogen) atoms. The number of rotatable bonds is 13. The first kappa shape index (κ1) is 19.1. The zero-order valence-corrected chi connectivity index (χ0v) is 13.3. The molecule has 0 aliphatic carbocycles. The van der Waals surface area contributed by atoms with Gasteiger partial charge in [-0.1, -0.05) is 46.9 Å². The Hall–Kier alpha value is -0.880. The van der Waals surface area contributed by atoms with Crippen molar-refractivity contribution in [2.75, 3.05) is 24.7 Å². The zero-order chi connectivity index (χ0) is 15.1. The topological polar surface area (TPSA) is 52.6 Å². The summed E-state index contributed by atoms with van der Waals surface area (Å²) in [6.07, 6.45) is 5.60. The minimum atomic E-state index is -0.180. The van der Waals surface area contributed by atoms with E-state index in [2.05, 4.69) is 13.2 Å². The number of carbonyl (C=O) groups is 2. The van der Waals surface area contributed by atoms with E-state index in [1.54, 1.807) is 33.7 Å². The number of esters is 2. The third-order valence-electron chi connectivity index (χ3n) is 2.02. The molecule has 0 rings (SSSR count). The summed E-state index contributed by atoms with van der Waals surface area (Å²) in [6.45, 7) is 7.52. The predicted octanol–water partition coefficient (Wildman–Crippen LogP) is 3.39. The van der Waals surface area contributed by atoms with Gasteiger partial charge in [0, 0.05) is 24.3 Å². The van der Waals surface area contributed by atoms with Gasteiger partial charge in [0.15, 0.2) is 0 Å². The van der Waals surface area contributed by atoms with E-state index in [-0.39, 0.29) is 25.2 Å². The summed E-state index contributed by atoms with van der Waals surface area (Å²) in [5.41, 5.74) is 0. The lowest BCUT2D eigenvalue weighted by atomic mass is 10.3. The Morgan fingerprint density at radius 2 is 1.25 bits per heavy atom. The molecule has 114 valence electrons. The smallest absolute Gasteiger partial charge is 0.306 e. The quantitative estimate of drug-likeness (QED) is 0.224. The van der Waals surface area contributed by atoms with E-state index in [1.807, 2.05) is 0 Å². The number of ether oxygens (including phenoxy) is 2. The molecule has 0 spiro atoms. The molecule has 0 atom stereocenters. The molecule has 6 heteroatoms. The first-order valence-electron chi connectivity index (χ1n) is 6.48. The largest absolute Gasteiger partial charge is 0.461 e. The zero-order valence-electron chi connectivity index (χ0n) is 11.7. The summed E-state index contributed by atoms with van der Waals surface area (Å²) in [4.78, 5) is 22.3. The fourth-order valence-electron chi connectivity index (χ4n) is 1.12. The summed E-state index contributed by atoms with van der Waals surface area (Å²) in [5, 5.41) is 0. The van der Waals surface area contributed by atoms with Crippen LogP contribution in [0.5, 0.6) is 0 Å². The van der Waals surface area contributed by atoms with Gasteiger partial charge in [-0.25, -0.2) is 0 Å². The monoisotopic (exact) mass is 318 g/mol. The van der Waals surface area contributed by atoms with Crippen LogP contribution in [-0.2, 0) is 19.1 Å². The molecule has 0 saturated carbocycles. The number of carbonyl (C=O) groups excluding carboxylic acids is 2. The number of hydrogen-bond acceptors (Lipinski definition) is 6. The van der Waals surface area contributed by atoms with Crippen molar-refractivity contribution in [1.29, 1.82) is 0 Å². The molecule has 0 aromatic carbocycles. The molecule has 0 unspecified atom stereocenters. The van der Waals surface area contributed by atoms with Gasteiger partial charge in [-0.05, 0) is 12.8 Å². The molecule has 0 aromatic rings. The van der Waals surface area contributed by atoms with E-state index in [1.165, 1.54) is 0 Å². The molecular weight excluding hydrogens is 296 g/mol. The Bertz CT molecular complexity index is 276. The van der Waals surface area contributed by atoms with Crippen molar-refractivity contribution in [2.24, 2.45) is 0 Å². The highest BCUT2D eigenvalue weighted by atomic mass is 33.1. The Morgan fingerprint density at radius 1 is 0.850 bits per heavy atom. The van der Waals surface area contributed by atoms with Crippen LogP contribution in [0.3, 0.4) is 0 Å². The molecular formula is C14H22O4S2. The van der Waals surface area contributed by atoms with Crippen molar-refractivity contribution >= 4 is 33.5 Å². The first-order chi connectivity index (χ1) is 9.70. The van der Waals surface area contributed by atoms with E-state index in [9.17, 15) is 9.59 Å². The van der Waals surface area contributed by atoms with Gasteiger partial charge < -0.3 is 9.47 Å². The molecule has 4 nitrogen and oxygen atoms in total. The maximum absolute atomic E-state index is 11.2. The van der Waals surface area contributed by atoms with Crippen molar-refractivity contribution in [3.63, 3.8) is 0 Å². The van der Waals surface area contributed by atoms with Crippen LogP contribution in [0.25, 0.3) is 0 Å². The molecule has 0 N–H and O–H groups in total. The molecule has 0 saturated heterocycles. The third-order valence-corrected chi connectivity index (χ3v) is 4.60. The van der Waals surface area contributed by atoms with Crippen LogP contribution in [0.4, 0.5) is 0 Å². The van der Waals surface area contributed by atoms with Gasteiger partial charge in [-0.2, -0.15) is 0 Å². The van der Waals surface area contributed by atoms with Crippen LogP contribution in [0.1, 0.15) is 25.7 Å². The Labute approximate surface area is 128 Å². The van der Waals surface area contributed by atoms with Gasteiger partial charge in [0.05, 0.1) is 0 Å². The van der Waals surface area contributed by atoms with Crippen LogP contribution in [0, 0.1) is 0 Å². The second-order valence-electron chi connectivity index (χ2n) is 3.79. The lowest BCUT2D eigenvalue weighted by molar-refractivity contribution is -0.143. The van der Waals surface area contributed by atoms with Crippen LogP contribution in [0.15, 0.2) is 25.3 Å². The molecule has 0 radical (unpaired) electrons. The normalized spacial score (nSPS) is 9.80. The van der Waals surface area contributed by atoms with Gasteiger partial charge in [0.2, 0.25) is 0 Å². The lowest BCUT2D eigenvalue weighted by Crippen LogP contribution is -2.04. The van der Waals surface area contributed by atoms with Crippen LogP contribution in [0.2, 0.25) is 0 Å².